The summed E-state index contributed by atoms with van der Waals surface area (Å²) in [5.41, 5.74) is 0. The highest BCUT2D eigenvalue weighted by Gasteiger charge is 2.24. The number of aliphatic hydroxyl groups is 1. The lowest BCUT2D eigenvalue weighted by molar-refractivity contribution is -0.870. The van der Waals surface area contributed by atoms with Crippen molar-refractivity contribution in [1.29, 1.82) is 0 Å². The Balaban J connectivity index is 3.33. The summed E-state index contributed by atoms with van der Waals surface area (Å²) in [6.07, 6.45) is 61.7. The summed E-state index contributed by atoms with van der Waals surface area (Å²) in [5.74, 6) is -0.368. The summed E-state index contributed by atoms with van der Waals surface area (Å²) in [5, 5.41) is 9.93. The molecule has 0 amide bonds. The molecule has 8 nitrogen and oxygen atoms in total. The van der Waals surface area contributed by atoms with E-state index in [4.69, 9.17) is 13.8 Å². The Labute approximate surface area is 377 Å². The van der Waals surface area contributed by atoms with Gasteiger partial charge < -0.3 is 19.2 Å². The van der Waals surface area contributed by atoms with Crippen molar-refractivity contribution in [1.82, 2.24) is 0 Å². The largest absolute Gasteiger partial charge is 0.472 e. The second-order valence-electron chi connectivity index (χ2n) is 18.0. The van der Waals surface area contributed by atoms with Crippen LogP contribution in [0.15, 0.2) is 60.8 Å². The Bertz CT molecular complexity index is 1160. The van der Waals surface area contributed by atoms with E-state index in [0.29, 0.717) is 17.4 Å². The number of quaternary nitrogens is 1. The van der Waals surface area contributed by atoms with E-state index in [-0.39, 0.29) is 19.2 Å². The van der Waals surface area contributed by atoms with Gasteiger partial charge in [-0.25, -0.2) is 4.57 Å². The zero-order valence-electron chi connectivity index (χ0n) is 40.1. The standard InChI is InChI=1S/C52H96NO7P/c1-5-6-7-8-9-10-11-12-13-14-15-16-17-18-19-20-21-22-23-24-25-26-27-28-29-30-31-32-33-34-35-36-37-38-39-40-41-42-43-44-45-46-52(55)58-49-51(54)50-60-61(56,57)59-48-47-53(2,3)4/h6-7,9-10,12-13,15-16,18-19,51,54H,5,8,11,14,17,20-50H2,1-4H3/p+1/b7-6-,10-9-,13-12-,16-15-,19-18-. The number of hydrogen-bond donors (Lipinski definition) is 2. The highest BCUT2D eigenvalue weighted by molar-refractivity contribution is 7.47. The van der Waals surface area contributed by atoms with Gasteiger partial charge in [0.2, 0.25) is 0 Å². The molecule has 0 rings (SSSR count). The summed E-state index contributed by atoms with van der Waals surface area (Å²) in [6.45, 7) is 2.05. The van der Waals surface area contributed by atoms with Crippen LogP contribution in [0.1, 0.15) is 212 Å². The maximum Gasteiger partial charge on any atom is 0.472 e. The maximum absolute atomic E-state index is 12.0. The number of rotatable bonds is 46. The van der Waals surface area contributed by atoms with Crippen molar-refractivity contribution >= 4 is 13.8 Å². The first-order valence-electron chi connectivity index (χ1n) is 25.1. The van der Waals surface area contributed by atoms with Crippen molar-refractivity contribution in [3.63, 3.8) is 0 Å². The third kappa shape index (κ3) is 50.7. The van der Waals surface area contributed by atoms with Crippen molar-refractivity contribution in [3.8, 4) is 0 Å². The highest BCUT2D eigenvalue weighted by atomic mass is 31.2. The number of phosphoric ester groups is 1. The van der Waals surface area contributed by atoms with Crippen LogP contribution in [0.3, 0.4) is 0 Å². The molecule has 0 aromatic rings. The Kier molecular flexibility index (Phi) is 43.5. The monoisotopic (exact) mass is 879 g/mol. The van der Waals surface area contributed by atoms with Gasteiger partial charge in [0, 0.05) is 6.42 Å². The number of likely N-dealkylation sites (N-methyl/N-ethyl adjacent to an activating group) is 1. The van der Waals surface area contributed by atoms with E-state index in [0.717, 1.165) is 51.4 Å². The lowest BCUT2D eigenvalue weighted by atomic mass is 10.0. The summed E-state index contributed by atoms with van der Waals surface area (Å²) >= 11 is 0. The van der Waals surface area contributed by atoms with Gasteiger partial charge in [-0.05, 0) is 51.4 Å². The van der Waals surface area contributed by atoms with Crippen molar-refractivity contribution in [2.75, 3.05) is 47.5 Å². The Morgan fingerprint density at radius 3 is 1.23 bits per heavy atom. The molecule has 0 aromatic carbocycles. The average molecular weight is 879 g/mol. The van der Waals surface area contributed by atoms with Gasteiger partial charge in [0.25, 0.3) is 0 Å². The van der Waals surface area contributed by atoms with E-state index in [1.807, 2.05) is 21.1 Å². The van der Waals surface area contributed by atoms with Crippen molar-refractivity contribution < 1.29 is 37.6 Å². The Morgan fingerprint density at radius 1 is 0.508 bits per heavy atom. The number of phosphoric acid groups is 1. The van der Waals surface area contributed by atoms with Crippen LogP contribution in [0.2, 0.25) is 0 Å². The molecule has 0 fully saturated rings. The number of esters is 1. The minimum atomic E-state index is -4.25. The molecule has 2 atom stereocenters. The zero-order chi connectivity index (χ0) is 44.8. The minimum Gasteiger partial charge on any atom is -0.463 e. The smallest absolute Gasteiger partial charge is 0.463 e. The molecule has 0 spiro atoms. The molecule has 9 heteroatoms. The van der Waals surface area contributed by atoms with E-state index in [9.17, 15) is 19.4 Å². The molecule has 0 saturated heterocycles. The van der Waals surface area contributed by atoms with Gasteiger partial charge in [0.05, 0.1) is 27.7 Å². The fourth-order valence-corrected chi connectivity index (χ4v) is 7.67. The quantitative estimate of drug-likeness (QED) is 0.0206. The normalized spacial score (nSPS) is 14.1. The van der Waals surface area contributed by atoms with Crippen LogP contribution in [-0.4, -0.2) is 74.1 Å². The van der Waals surface area contributed by atoms with Gasteiger partial charge >= 0.3 is 13.8 Å². The first-order chi connectivity index (χ1) is 29.6. The molecule has 0 heterocycles. The van der Waals surface area contributed by atoms with Crippen LogP contribution in [-0.2, 0) is 23.1 Å². The van der Waals surface area contributed by atoms with E-state index < -0.39 is 20.5 Å². The second-order valence-corrected chi connectivity index (χ2v) is 19.5. The number of carbonyl (C=O) groups is 1. The molecule has 356 valence electrons. The third-order valence-corrected chi connectivity index (χ3v) is 11.8. The number of aliphatic hydroxyl groups excluding tert-OH is 1. The summed E-state index contributed by atoms with van der Waals surface area (Å²) in [7, 11) is 1.57. The number of nitrogens with zero attached hydrogens (tertiary/aromatic N) is 1. The molecule has 0 aliphatic heterocycles. The summed E-state index contributed by atoms with van der Waals surface area (Å²) in [6, 6.07) is 0. The molecular formula is C52H97NO7P+. The number of ether oxygens (including phenoxy) is 1. The van der Waals surface area contributed by atoms with E-state index in [1.54, 1.807) is 0 Å². The second kappa shape index (κ2) is 44.8. The first kappa shape index (κ1) is 59.2. The predicted molar refractivity (Wildman–Crippen MR) is 261 cm³/mol. The number of hydrogen-bond acceptors (Lipinski definition) is 6. The van der Waals surface area contributed by atoms with Crippen LogP contribution >= 0.6 is 7.82 Å². The van der Waals surface area contributed by atoms with Crippen molar-refractivity contribution in [2.24, 2.45) is 0 Å². The lowest BCUT2D eigenvalue weighted by Gasteiger charge is -2.24. The minimum absolute atomic E-state index is 0.0550. The van der Waals surface area contributed by atoms with Crippen molar-refractivity contribution in [2.45, 2.75) is 218 Å². The topological polar surface area (TPSA) is 102 Å². The van der Waals surface area contributed by atoms with Gasteiger partial charge in [-0.2, -0.15) is 0 Å². The number of unbranched alkanes of at least 4 members (excludes halogenated alkanes) is 25. The van der Waals surface area contributed by atoms with Crippen LogP contribution in [0.4, 0.5) is 0 Å². The summed E-state index contributed by atoms with van der Waals surface area (Å²) in [4.78, 5) is 21.7. The van der Waals surface area contributed by atoms with Gasteiger partial charge in [0.1, 0.15) is 25.9 Å². The predicted octanol–water partition coefficient (Wildman–Crippen LogP) is 15.0. The van der Waals surface area contributed by atoms with Gasteiger partial charge in [-0.3, -0.25) is 13.8 Å². The fourth-order valence-electron chi connectivity index (χ4n) is 6.92. The first-order valence-corrected chi connectivity index (χ1v) is 26.6. The number of carbonyl (C=O) groups excluding carboxylic acids is 1. The fraction of sp³-hybridized carbons (Fsp3) is 0.788. The lowest BCUT2D eigenvalue weighted by Crippen LogP contribution is -2.37. The molecule has 0 radical (unpaired) electrons. The molecule has 0 aliphatic carbocycles. The van der Waals surface area contributed by atoms with Crippen LogP contribution in [0, 0.1) is 0 Å². The van der Waals surface area contributed by atoms with E-state index in [1.165, 1.54) is 148 Å². The summed E-state index contributed by atoms with van der Waals surface area (Å²) < 4.78 is 27.3. The van der Waals surface area contributed by atoms with E-state index in [2.05, 4.69) is 67.7 Å². The van der Waals surface area contributed by atoms with Gasteiger partial charge in [0.15, 0.2) is 0 Å². The molecule has 2 N–H and O–H groups in total. The van der Waals surface area contributed by atoms with E-state index >= 15 is 0 Å². The van der Waals surface area contributed by atoms with Gasteiger partial charge in [-0.15, -0.1) is 0 Å². The molecule has 2 unspecified atom stereocenters. The maximum atomic E-state index is 12.0. The molecule has 0 aliphatic rings. The number of allylic oxidation sites excluding steroid dienone is 10. The molecule has 0 saturated carbocycles. The molecular weight excluding hydrogens is 782 g/mol. The molecule has 61 heavy (non-hydrogen) atoms. The van der Waals surface area contributed by atoms with Gasteiger partial charge in [-0.1, -0.05) is 215 Å². The van der Waals surface area contributed by atoms with Crippen LogP contribution < -0.4 is 0 Å². The van der Waals surface area contributed by atoms with Crippen LogP contribution in [0.25, 0.3) is 0 Å². The van der Waals surface area contributed by atoms with Crippen molar-refractivity contribution in [3.05, 3.63) is 60.8 Å². The highest BCUT2D eigenvalue weighted by Crippen LogP contribution is 2.43. The average Bonchev–Trinajstić information content (AvgIpc) is 3.22. The van der Waals surface area contributed by atoms with Crippen LogP contribution in [0.5, 0.6) is 0 Å². The Morgan fingerprint density at radius 2 is 0.852 bits per heavy atom. The molecule has 0 aromatic heterocycles. The third-order valence-electron chi connectivity index (χ3n) is 10.8. The zero-order valence-corrected chi connectivity index (χ0v) is 41.0. The Hall–Kier alpha value is -1.80. The SMILES string of the molecule is CC/C=C\C/C=C\C/C=C\C/C=C\C/C=C\CCCCCCCCCCCCCCCCCCCCCCCCCCCC(=O)OCC(O)COP(=O)(O)OCC[N+](C)(C)C. The molecule has 0 bridgehead atoms.